The molecule has 0 fully saturated rings. The summed E-state index contributed by atoms with van der Waals surface area (Å²) >= 11 is 0. The first-order chi connectivity index (χ1) is 10.1. The van der Waals surface area contributed by atoms with Gasteiger partial charge in [-0.2, -0.15) is 0 Å². The van der Waals surface area contributed by atoms with Crippen molar-refractivity contribution in [2.75, 3.05) is 20.1 Å². The molecule has 2 nitrogen and oxygen atoms in total. The van der Waals surface area contributed by atoms with Crippen LogP contribution in [0.15, 0.2) is 30.3 Å². The third-order valence-corrected chi connectivity index (χ3v) is 5.10. The molecule has 0 aliphatic rings. The third-order valence-electron chi connectivity index (χ3n) is 5.10. The maximum atomic E-state index is 3.59. The Balaban J connectivity index is 2.63. The highest BCUT2D eigenvalue weighted by molar-refractivity contribution is 5.14. The molecule has 0 spiro atoms. The molecule has 2 atom stereocenters. The quantitative estimate of drug-likeness (QED) is 0.697. The lowest BCUT2D eigenvalue weighted by Crippen LogP contribution is -2.58. The summed E-state index contributed by atoms with van der Waals surface area (Å²) < 4.78 is 0. The first-order valence-electron chi connectivity index (χ1n) is 8.58. The zero-order chi connectivity index (χ0) is 15.7. The fourth-order valence-corrected chi connectivity index (χ4v) is 3.56. The summed E-state index contributed by atoms with van der Waals surface area (Å²) in [6, 6.07) is 11.4. The molecule has 1 rings (SSSR count). The molecule has 0 radical (unpaired) electrons. The zero-order valence-electron chi connectivity index (χ0n) is 14.7. The summed E-state index contributed by atoms with van der Waals surface area (Å²) in [5, 5.41) is 3.59. The van der Waals surface area contributed by atoms with Crippen LogP contribution in [0.4, 0.5) is 0 Å². The largest absolute Gasteiger partial charge is 0.315 e. The predicted octanol–water partition coefficient (Wildman–Crippen LogP) is 4.11. The van der Waals surface area contributed by atoms with Gasteiger partial charge in [-0.05, 0) is 58.3 Å². The normalized spacial score (nSPS) is 15.9. The Bertz CT molecular complexity index is 372. The van der Waals surface area contributed by atoms with Crippen molar-refractivity contribution in [3.05, 3.63) is 35.9 Å². The minimum Gasteiger partial charge on any atom is -0.315 e. The van der Waals surface area contributed by atoms with Gasteiger partial charge in [-0.25, -0.2) is 0 Å². The summed E-state index contributed by atoms with van der Waals surface area (Å²) in [4.78, 5) is 2.61. The molecule has 0 heterocycles. The highest BCUT2D eigenvalue weighted by atomic mass is 15.2. The van der Waals surface area contributed by atoms with Crippen LogP contribution in [0.2, 0.25) is 0 Å². The van der Waals surface area contributed by atoms with E-state index in [0.717, 1.165) is 13.1 Å². The van der Waals surface area contributed by atoms with Gasteiger partial charge in [0.05, 0.1) is 0 Å². The van der Waals surface area contributed by atoms with Crippen molar-refractivity contribution in [2.45, 2.75) is 65.0 Å². The van der Waals surface area contributed by atoms with Crippen molar-refractivity contribution < 1.29 is 0 Å². The molecule has 2 heteroatoms. The second kappa shape index (κ2) is 9.22. The van der Waals surface area contributed by atoms with E-state index in [9.17, 15) is 0 Å². The van der Waals surface area contributed by atoms with Gasteiger partial charge in [-0.15, -0.1) is 0 Å². The van der Waals surface area contributed by atoms with Gasteiger partial charge in [0.25, 0.3) is 0 Å². The highest BCUT2D eigenvalue weighted by Gasteiger charge is 2.35. The van der Waals surface area contributed by atoms with Crippen molar-refractivity contribution >= 4 is 0 Å². The number of nitrogens with one attached hydrogen (secondary N) is 1. The van der Waals surface area contributed by atoms with Gasteiger partial charge in [-0.1, -0.05) is 51.1 Å². The van der Waals surface area contributed by atoms with E-state index < -0.39 is 0 Å². The standard InChI is InChI=1S/C19H34N2/c1-6-19(4,21(7-2)8-3)18(20-5)16-12-15-17-13-10-9-11-14-17/h9-11,13-14,18,20H,6-8,12,15-16H2,1-5H3. The van der Waals surface area contributed by atoms with Crippen molar-refractivity contribution in [1.29, 1.82) is 0 Å². The fraction of sp³-hybridized carbons (Fsp3) is 0.684. The number of likely N-dealkylation sites (N-methyl/N-ethyl adjacent to an activating group) is 2. The van der Waals surface area contributed by atoms with Crippen molar-refractivity contribution in [3.63, 3.8) is 0 Å². The Morgan fingerprint density at radius 1 is 1.10 bits per heavy atom. The van der Waals surface area contributed by atoms with Crippen molar-refractivity contribution in [3.8, 4) is 0 Å². The van der Waals surface area contributed by atoms with Crippen LogP contribution in [0, 0.1) is 0 Å². The summed E-state index contributed by atoms with van der Waals surface area (Å²) in [5.41, 5.74) is 1.70. The van der Waals surface area contributed by atoms with Gasteiger partial charge in [0.2, 0.25) is 0 Å². The molecule has 0 aliphatic carbocycles. The highest BCUT2D eigenvalue weighted by Crippen LogP contribution is 2.26. The smallest absolute Gasteiger partial charge is 0.0331 e. The maximum Gasteiger partial charge on any atom is 0.0331 e. The number of hydrogen-bond donors (Lipinski definition) is 1. The Labute approximate surface area is 131 Å². The lowest BCUT2D eigenvalue weighted by molar-refractivity contribution is 0.0689. The van der Waals surface area contributed by atoms with Crippen LogP contribution < -0.4 is 5.32 Å². The van der Waals surface area contributed by atoms with E-state index in [1.54, 1.807) is 0 Å². The second-order valence-corrected chi connectivity index (χ2v) is 6.10. The minimum absolute atomic E-state index is 0.245. The van der Waals surface area contributed by atoms with Gasteiger partial charge in [-0.3, -0.25) is 4.90 Å². The van der Waals surface area contributed by atoms with Crippen LogP contribution >= 0.6 is 0 Å². The summed E-state index contributed by atoms with van der Waals surface area (Å²) in [7, 11) is 2.12. The number of hydrogen-bond acceptors (Lipinski definition) is 2. The first-order valence-corrected chi connectivity index (χ1v) is 8.58. The lowest BCUT2D eigenvalue weighted by atomic mass is 9.84. The van der Waals surface area contributed by atoms with Crippen LogP contribution in [-0.2, 0) is 6.42 Å². The van der Waals surface area contributed by atoms with Gasteiger partial charge in [0.15, 0.2) is 0 Å². The second-order valence-electron chi connectivity index (χ2n) is 6.10. The summed E-state index contributed by atoms with van der Waals surface area (Å²) in [5.74, 6) is 0. The Morgan fingerprint density at radius 2 is 1.71 bits per heavy atom. The Morgan fingerprint density at radius 3 is 2.19 bits per heavy atom. The SMILES string of the molecule is CCN(CC)C(C)(CC)C(CCCc1ccccc1)NC. The van der Waals surface area contributed by atoms with Gasteiger partial charge in [0, 0.05) is 11.6 Å². The molecule has 0 saturated heterocycles. The number of aryl methyl sites for hydroxylation is 1. The summed E-state index contributed by atoms with van der Waals surface area (Å²) in [6.45, 7) is 11.5. The molecular formula is C19H34N2. The predicted molar refractivity (Wildman–Crippen MR) is 93.8 cm³/mol. The lowest BCUT2D eigenvalue weighted by Gasteiger charge is -2.46. The number of nitrogens with zero attached hydrogens (tertiary/aromatic N) is 1. The van der Waals surface area contributed by atoms with E-state index in [1.807, 2.05) is 0 Å². The average molecular weight is 290 g/mol. The van der Waals surface area contributed by atoms with E-state index >= 15 is 0 Å². The summed E-state index contributed by atoms with van der Waals surface area (Å²) in [6.07, 6.45) is 4.83. The molecule has 1 aromatic rings. The van der Waals surface area contributed by atoms with Crippen LogP contribution in [0.5, 0.6) is 0 Å². The number of benzene rings is 1. The molecule has 21 heavy (non-hydrogen) atoms. The molecule has 0 aliphatic heterocycles. The van der Waals surface area contributed by atoms with E-state index in [-0.39, 0.29) is 5.54 Å². The Kier molecular flexibility index (Phi) is 7.98. The molecule has 1 aromatic carbocycles. The molecule has 0 amide bonds. The molecule has 1 N–H and O–H groups in total. The average Bonchev–Trinajstić information content (AvgIpc) is 2.53. The Hall–Kier alpha value is -0.860. The van der Waals surface area contributed by atoms with E-state index in [1.165, 1.54) is 31.2 Å². The molecular weight excluding hydrogens is 256 g/mol. The van der Waals surface area contributed by atoms with Crippen LogP contribution in [0.3, 0.4) is 0 Å². The van der Waals surface area contributed by atoms with E-state index in [4.69, 9.17) is 0 Å². The topological polar surface area (TPSA) is 15.3 Å². The van der Waals surface area contributed by atoms with E-state index in [0.29, 0.717) is 6.04 Å². The molecule has 120 valence electrons. The molecule has 2 unspecified atom stereocenters. The number of rotatable bonds is 10. The van der Waals surface area contributed by atoms with Gasteiger partial charge in [0.1, 0.15) is 0 Å². The van der Waals surface area contributed by atoms with Gasteiger partial charge < -0.3 is 5.32 Å². The molecule has 0 bridgehead atoms. The van der Waals surface area contributed by atoms with Crippen molar-refractivity contribution in [1.82, 2.24) is 10.2 Å². The van der Waals surface area contributed by atoms with Crippen molar-refractivity contribution in [2.24, 2.45) is 0 Å². The third kappa shape index (κ3) is 4.82. The molecule has 0 saturated carbocycles. The van der Waals surface area contributed by atoms with Gasteiger partial charge >= 0.3 is 0 Å². The monoisotopic (exact) mass is 290 g/mol. The zero-order valence-corrected chi connectivity index (χ0v) is 14.7. The van der Waals surface area contributed by atoms with E-state index in [2.05, 4.69) is 75.3 Å². The van der Waals surface area contributed by atoms with Crippen LogP contribution in [0.1, 0.15) is 52.5 Å². The first kappa shape index (κ1) is 18.2. The maximum absolute atomic E-state index is 3.59. The van der Waals surface area contributed by atoms with Crippen LogP contribution in [0.25, 0.3) is 0 Å². The van der Waals surface area contributed by atoms with Crippen LogP contribution in [-0.4, -0.2) is 36.6 Å². The molecule has 0 aromatic heterocycles. The fourth-order valence-electron chi connectivity index (χ4n) is 3.56. The minimum atomic E-state index is 0.245.